The average molecular weight is 252 g/mol. The van der Waals surface area contributed by atoms with Crippen LogP contribution in [0.1, 0.15) is 40.5 Å². The lowest BCUT2D eigenvalue weighted by atomic mass is 10.2. The lowest BCUT2D eigenvalue weighted by molar-refractivity contribution is -0.0502. The van der Waals surface area contributed by atoms with Gasteiger partial charge in [0, 0.05) is 25.7 Å². The zero-order chi connectivity index (χ0) is 11.8. The van der Waals surface area contributed by atoms with Gasteiger partial charge in [0.15, 0.2) is 5.78 Å². The van der Waals surface area contributed by atoms with Gasteiger partial charge < -0.3 is 4.74 Å². The number of morpholine rings is 1. The maximum atomic E-state index is 11.2. The first-order valence-corrected chi connectivity index (χ1v) is 6.88. The molecule has 5 heteroatoms. The van der Waals surface area contributed by atoms with Crippen LogP contribution in [-0.4, -0.2) is 41.4 Å². The molecule has 2 fully saturated rings. The van der Waals surface area contributed by atoms with Crippen molar-refractivity contribution in [3.8, 4) is 0 Å². The van der Waals surface area contributed by atoms with E-state index in [0.29, 0.717) is 6.04 Å². The van der Waals surface area contributed by atoms with Gasteiger partial charge in [-0.2, -0.15) is 0 Å². The smallest absolute Gasteiger partial charge is 0.171 e. The second kappa shape index (κ2) is 4.48. The molecule has 2 atom stereocenters. The van der Waals surface area contributed by atoms with E-state index < -0.39 is 0 Å². The molecule has 0 saturated carbocycles. The van der Waals surface area contributed by atoms with E-state index in [9.17, 15) is 4.79 Å². The van der Waals surface area contributed by atoms with Crippen molar-refractivity contribution in [2.45, 2.75) is 31.9 Å². The number of hydrogen-bond acceptors (Lipinski definition) is 5. The number of fused-ring (bicyclic) bond motifs is 1. The molecular formula is C12H16N2O2S. The maximum absolute atomic E-state index is 11.2. The number of thiazole rings is 1. The third-order valence-corrected chi connectivity index (χ3v) is 4.73. The molecule has 17 heavy (non-hydrogen) atoms. The highest BCUT2D eigenvalue weighted by Gasteiger charge is 2.34. The number of nitrogens with zero attached hydrogens (tertiary/aromatic N) is 2. The number of Topliss-reactive ketones (excluding diaryl/α,β-unsaturated/α-hetero) is 1. The number of aromatic nitrogens is 1. The van der Waals surface area contributed by atoms with Gasteiger partial charge in [-0.15, -0.1) is 11.3 Å². The van der Waals surface area contributed by atoms with Crippen LogP contribution in [0.25, 0.3) is 0 Å². The van der Waals surface area contributed by atoms with E-state index in [4.69, 9.17) is 4.74 Å². The molecule has 1 aromatic heterocycles. The van der Waals surface area contributed by atoms with Crippen molar-refractivity contribution in [1.82, 2.24) is 9.88 Å². The fourth-order valence-corrected chi connectivity index (χ4v) is 3.42. The second-order valence-electron chi connectivity index (χ2n) is 4.73. The zero-order valence-electron chi connectivity index (χ0n) is 9.89. The van der Waals surface area contributed by atoms with Crippen molar-refractivity contribution in [3.63, 3.8) is 0 Å². The van der Waals surface area contributed by atoms with Gasteiger partial charge in [-0.1, -0.05) is 0 Å². The Morgan fingerprint density at radius 2 is 2.53 bits per heavy atom. The normalized spacial score (nSPS) is 29.2. The van der Waals surface area contributed by atoms with Crippen LogP contribution in [0.4, 0.5) is 0 Å². The molecule has 2 unspecified atom stereocenters. The van der Waals surface area contributed by atoms with Crippen LogP contribution in [0, 0.1) is 0 Å². The Kier molecular flexibility index (Phi) is 2.98. The van der Waals surface area contributed by atoms with Gasteiger partial charge in [-0.25, -0.2) is 4.98 Å². The molecule has 3 heterocycles. The summed E-state index contributed by atoms with van der Waals surface area (Å²) in [7, 11) is 0. The topological polar surface area (TPSA) is 42.4 Å². The van der Waals surface area contributed by atoms with Crippen molar-refractivity contribution < 1.29 is 9.53 Å². The lowest BCUT2D eigenvalue weighted by Gasteiger charge is -2.34. The van der Waals surface area contributed by atoms with Crippen molar-refractivity contribution in [2.75, 3.05) is 19.7 Å². The Labute approximate surface area is 105 Å². The van der Waals surface area contributed by atoms with E-state index in [2.05, 4.69) is 9.88 Å². The van der Waals surface area contributed by atoms with Crippen LogP contribution >= 0.6 is 11.3 Å². The molecule has 92 valence electrons. The van der Waals surface area contributed by atoms with Crippen LogP contribution < -0.4 is 0 Å². The van der Waals surface area contributed by atoms with Crippen LogP contribution in [0.15, 0.2) is 6.20 Å². The first-order chi connectivity index (χ1) is 8.24. The summed E-state index contributed by atoms with van der Waals surface area (Å²) >= 11 is 1.47. The second-order valence-corrected chi connectivity index (χ2v) is 5.79. The predicted octanol–water partition coefficient (Wildman–Crippen LogP) is 1.88. The highest BCUT2D eigenvalue weighted by Crippen LogP contribution is 2.31. The SMILES string of the molecule is CC(=O)c1cnc(C2CN3CCCC3CO2)s1. The summed E-state index contributed by atoms with van der Waals surface area (Å²) in [5.74, 6) is 0.0867. The molecule has 4 nitrogen and oxygen atoms in total. The highest BCUT2D eigenvalue weighted by molar-refractivity contribution is 7.13. The zero-order valence-corrected chi connectivity index (χ0v) is 10.7. The summed E-state index contributed by atoms with van der Waals surface area (Å²) < 4.78 is 5.87. The van der Waals surface area contributed by atoms with Gasteiger partial charge in [-0.3, -0.25) is 9.69 Å². The molecule has 0 amide bonds. The summed E-state index contributed by atoms with van der Waals surface area (Å²) in [6, 6.07) is 0.610. The quantitative estimate of drug-likeness (QED) is 0.754. The highest BCUT2D eigenvalue weighted by atomic mass is 32.1. The van der Waals surface area contributed by atoms with Gasteiger partial charge in [0.05, 0.1) is 11.5 Å². The Morgan fingerprint density at radius 1 is 1.65 bits per heavy atom. The molecular weight excluding hydrogens is 236 g/mol. The summed E-state index contributed by atoms with van der Waals surface area (Å²) in [5.41, 5.74) is 0. The standard InChI is InChI=1S/C12H16N2O2S/c1-8(15)11-5-13-12(17-11)10-6-14-4-2-3-9(14)7-16-10/h5,9-10H,2-4,6-7H2,1H3. The van der Waals surface area contributed by atoms with Gasteiger partial charge in [-0.05, 0) is 19.4 Å². The Morgan fingerprint density at radius 3 is 3.29 bits per heavy atom. The largest absolute Gasteiger partial charge is 0.368 e. The third kappa shape index (κ3) is 2.14. The van der Waals surface area contributed by atoms with Gasteiger partial charge >= 0.3 is 0 Å². The van der Waals surface area contributed by atoms with Crippen LogP contribution in [0.3, 0.4) is 0 Å². The molecule has 2 aliphatic rings. The minimum absolute atomic E-state index is 0.0578. The fourth-order valence-electron chi connectivity index (χ4n) is 2.57. The molecule has 0 N–H and O–H groups in total. The summed E-state index contributed by atoms with van der Waals surface area (Å²) in [4.78, 5) is 18.8. The van der Waals surface area contributed by atoms with Gasteiger partial charge in [0.1, 0.15) is 11.1 Å². The minimum atomic E-state index is 0.0578. The summed E-state index contributed by atoms with van der Waals surface area (Å²) in [6.07, 6.45) is 4.25. The molecule has 2 saturated heterocycles. The van der Waals surface area contributed by atoms with Crippen molar-refractivity contribution >= 4 is 17.1 Å². The Hall–Kier alpha value is -0.780. The van der Waals surface area contributed by atoms with E-state index in [0.717, 1.165) is 23.0 Å². The summed E-state index contributed by atoms with van der Waals surface area (Å²) in [6.45, 7) is 4.49. The minimum Gasteiger partial charge on any atom is -0.368 e. The number of carbonyl (C=O) groups is 1. The number of ketones is 1. The van der Waals surface area contributed by atoms with Crippen molar-refractivity contribution in [1.29, 1.82) is 0 Å². The van der Waals surface area contributed by atoms with E-state index in [-0.39, 0.29) is 11.9 Å². The molecule has 3 rings (SSSR count). The van der Waals surface area contributed by atoms with E-state index in [1.165, 1.54) is 30.7 Å². The average Bonchev–Trinajstić information content (AvgIpc) is 2.97. The number of carbonyl (C=O) groups excluding carboxylic acids is 1. The van der Waals surface area contributed by atoms with Crippen LogP contribution in [-0.2, 0) is 4.74 Å². The molecule has 0 spiro atoms. The Bertz CT molecular complexity index is 432. The molecule has 0 radical (unpaired) electrons. The van der Waals surface area contributed by atoms with E-state index in [1.54, 1.807) is 13.1 Å². The van der Waals surface area contributed by atoms with E-state index >= 15 is 0 Å². The monoisotopic (exact) mass is 252 g/mol. The Balaban J connectivity index is 1.73. The first-order valence-electron chi connectivity index (χ1n) is 6.06. The summed E-state index contributed by atoms with van der Waals surface area (Å²) in [5, 5.41) is 0.945. The lowest BCUT2D eigenvalue weighted by Crippen LogP contribution is -2.42. The van der Waals surface area contributed by atoms with Crippen LogP contribution in [0.2, 0.25) is 0 Å². The van der Waals surface area contributed by atoms with Gasteiger partial charge in [0.25, 0.3) is 0 Å². The molecule has 1 aromatic rings. The molecule has 0 bridgehead atoms. The first kappa shape index (κ1) is 11.3. The number of hydrogen-bond donors (Lipinski definition) is 0. The third-order valence-electron chi connectivity index (χ3n) is 3.54. The van der Waals surface area contributed by atoms with Crippen LogP contribution in [0.5, 0.6) is 0 Å². The number of rotatable bonds is 2. The van der Waals surface area contributed by atoms with Crippen molar-refractivity contribution in [3.05, 3.63) is 16.1 Å². The van der Waals surface area contributed by atoms with Crippen molar-refractivity contribution in [2.24, 2.45) is 0 Å². The van der Waals surface area contributed by atoms with Gasteiger partial charge in [0.2, 0.25) is 0 Å². The fraction of sp³-hybridized carbons (Fsp3) is 0.667. The maximum Gasteiger partial charge on any atom is 0.171 e. The predicted molar refractivity (Wildman–Crippen MR) is 65.4 cm³/mol. The number of ether oxygens (including phenoxy) is 1. The van der Waals surface area contributed by atoms with E-state index in [1.807, 2.05) is 0 Å². The molecule has 2 aliphatic heterocycles. The molecule has 0 aliphatic carbocycles. The molecule has 0 aromatic carbocycles.